The maximum absolute atomic E-state index is 12.4. The van der Waals surface area contributed by atoms with Crippen LogP contribution >= 0.6 is 0 Å². The molecule has 22 heavy (non-hydrogen) atoms. The van der Waals surface area contributed by atoms with Crippen LogP contribution in [0.5, 0.6) is 0 Å². The summed E-state index contributed by atoms with van der Waals surface area (Å²) in [4.78, 5) is 14.6. The topological polar surface area (TPSA) is 55.6 Å². The van der Waals surface area contributed by atoms with Crippen molar-refractivity contribution in [2.75, 3.05) is 19.4 Å². The number of likely N-dealkylation sites (N-methyl/N-ethyl adjacent to an activating group) is 1. The van der Waals surface area contributed by atoms with Crippen molar-refractivity contribution in [2.45, 2.75) is 39.8 Å². The molecular weight excluding hydrogens is 276 g/mol. The summed E-state index contributed by atoms with van der Waals surface area (Å²) in [5, 5.41) is 0. The Morgan fingerprint density at radius 3 is 2.36 bits per heavy atom. The minimum atomic E-state index is -0.233. The van der Waals surface area contributed by atoms with Gasteiger partial charge in [-0.05, 0) is 37.1 Å². The summed E-state index contributed by atoms with van der Waals surface area (Å²) in [6.07, 6.45) is 2.05. The zero-order valence-electron chi connectivity index (χ0n) is 14.1. The van der Waals surface area contributed by atoms with E-state index in [1.165, 1.54) is 0 Å². The number of benzene rings is 1. The fourth-order valence-corrected chi connectivity index (χ4v) is 3.11. The van der Waals surface area contributed by atoms with Crippen LogP contribution in [0.25, 0.3) is 0 Å². The highest BCUT2D eigenvalue weighted by Crippen LogP contribution is 2.41. The zero-order valence-corrected chi connectivity index (χ0v) is 14.1. The van der Waals surface area contributed by atoms with Crippen molar-refractivity contribution in [3.63, 3.8) is 0 Å². The van der Waals surface area contributed by atoms with Crippen molar-refractivity contribution in [3.8, 4) is 0 Å². The van der Waals surface area contributed by atoms with Gasteiger partial charge in [0.2, 0.25) is 0 Å². The number of hydrogen-bond acceptors (Lipinski definition) is 4. The summed E-state index contributed by atoms with van der Waals surface area (Å²) in [6.45, 7) is 8.75. The van der Waals surface area contributed by atoms with Gasteiger partial charge in [0, 0.05) is 11.7 Å². The average molecular weight is 302 g/mol. The fraction of sp³-hybridized carbons (Fsp3) is 0.500. The maximum Gasteiger partial charge on any atom is 0.335 e. The molecule has 0 aromatic heterocycles. The van der Waals surface area contributed by atoms with Crippen LogP contribution in [0.4, 0.5) is 5.69 Å². The Morgan fingerprint density at radius 2 is 1.86 bits per heavy atom. The van der Waals surface area contributed by atoms with Crippen molar-refractivity contribution in [3.05, 3.63) is 41.5 Å². The molecule has 2 rings (SSSR count). The quantitative estimate of drug-likeness (QED) is 0.688. The van der Waals surface area contributed by atoms with Gasteiger partial charge in [0.15, 0.2) is 0 Å². The molecule has 0 saturated carbocycles. The van der Waals surface area contributed by atoms with Gasteiger partial charge in [-0.1, -0.05) is 39.0 Å². The highest BCUT2D eigenvalue weighted by atomic mass is 16.5. The monoisotopic (exact) mass is 302 g/mol. The van der Waals surface area contributed by atoms with Crippen molar-refractivity contribution < 1.29 is 9.53 Å². The molecule has 1 aliphatic heterocycles. The molecule has 0 amide bonds. The van der Waals surface area contributed by atoms with Gasteiger partial charge < -0.3 is 10.5 Å². The Kier molecular flexibility index (Phi) is 4.61. The normalized spacial score (nSPS) is 22.5. The van der Waals surface area contributed by atoms with Crippen LogP contribution < -0.4 is 5.73 Å². The van der Waals surface area contributed by atoms with Crippen LogP contribution in [-0.2, 0) is 9.53 Å². The van der Waals surface area contributed by atoms with Crippen molar-refractivity contribution >= 4 is 11.7 Å². The molecule has 1 aliphatic rings. The highest BCUT2D eigenvalue weighted by molar-refractivity contribution is 5.91. The molecule has 0 bridgehead atoms. The molecular formula is C18H26N2O2. The summed E-state index contributed by atoms with van der Waals surface area (Å²) in [6, 6.07) is 7.79. The van der Waals surface area contributed by atoms with E-state index in [9.17, 15) is 4.79 Å². The molecule has 0 saturated heterocycles. The molecule has 4 heteroatoms. The Balaban J connectivity index is 2.43. The third-order valence-electron chi connectivity index (χ3n) is 4.13. The lowest BCUT2D eigenvalue weighted by molar-refractivity contribution is -0.139. The van der Waals surface area contributed by atoms with E-state index in [1.54, 1.807) is 0 Å². The first-order valence-corrected chi connectivity index (χ1v) is 7.72. The van der Waals surface area contributed by atoms with Gasteiger partial charge >= 0.3 is 5.97 Å². The van der Waals surface area contributed by atoms with E-state index in [0.29, 0.717) is 12.2 Å². The van der Waals surface area contributed by atoms with Crippen LogP contribution in [0, 0.1) is 5.41 Å². The molecule has 0 radical (unpaired) electrons. The van der Waals surface area contributed by atoms with Crippen LogP contribution in [0.2, 0.25) is 0 Å². The first-order chi connectivity index (χ1) is 10.3. The molecule has 0 aliphatic carbocycles. The molecule has 1 aromatic rings. The van der Waals surface area contributed by atoms with Gasteiger partial charge in [-0.25, -0.2) is 4.79 Å². The second-order valence-corrected chi connectivity index (χ2v) is 6.89. The lowest BCUT2D eigenvalue weighted by atomic mass is 9.86. The molecule has 2 N–H and O–H groups in total. The van der Waals surface area contributed by atoms with E-state index in [1.807, 2.05) is 31.2 Å². The summed E-state index contributed by atoms with van der Waals surface area (Å²) in [7, 11) is 2.06. The first-order valence-electron chi connectivity index (χ1n) is 7.72. The van der Waals surface area contributed by atoms with E-state index in [0.717, 1.165) is 11.3 Å². The number of rotatable bonds is 3. The first kappa shape index (κ1) is 16.6. The second-order valence-electron chi connectivity index (χ2n) is 6.89. The number of hydrogen-bond donors (Lipinski definition) is 1. The van der Waals surface area contributed by atoms with Gasteiger partial charge in [0.1, 0.15) is 0 Å². The summed E-state index contributed by atoms with van der Waals surface area (Å²) < 4.78 is 5.25. The number of anilines is 1. The second kappa shape index (κ2) is 6.13. The molecule has 4 nitrogen and oxygen atoms in total. The van der Waals surface area contributed by atoms with E-state index < -0.39 is 0 Å². The third kappa shape index (κ3) is 3.17. The molecule has 1 aromatic carbocycles. The Bertz CT molecular complexity index is 570. The smallest absolute Gasteiger partial charge is 0.335 e. The van der Waals surface area contributed by atoms with Crippen LogP contribution in [0.15, 0.2) is 35.9 Å². The predicted molar refractivity (Wildman–Crippen MR) is 89.3 cm³/mol. The predicted octanol–water partition coefficient (Wildman–Crippen LogP) is 3.16. The van der Waals surface area contributed by atoms with Gasteiger partial charge in [-0.3, -0.25) is 4.90 Å². The average Bonchev–Trinajstić information content (AvgIpc) is 2.78. The van der Waals surface area contributed by atoms with Crippen LogP contribution in [0.3, 0.4) is 0 Å². The zero-order chi connectivity index (χ0) is 16.5. The Hall–Kier alpha value is -1.81. The SMILES string of the molecule is CCOC(=O)C1=C[C@@H](C(C)(C)C)N(C)[C@H]1c1ccc(N)cc1. The number of ether oxygens (including phenoxy) is 1. The van der Waals surface area contributed by atoms with E-state index in [4.69, 9.17) is 10.5 Å². The minimum absolute atomic E-state index is 0.0368. The largest absolute Gasteiger partial charge is 0.463 e. The molecule has 0 unspecified atom stereocenters. The Labute approximate surface area is 132 Å². The summed E-state index contributed by atoms with van der Waals surface area (Å²) in [5.41, 5.74) is 8.31. The van der Waals surface area contributed by atoms with Gasteiger partial charge in [0.25, 0.3) is 0 Å². The molecule has 2 atom stereocenters. The number of esters is 1. The lowest BCUT2D eigenvalue weighted by Gasteiger charge is -2.35. The Morgan fingerprint density at radius 1 is 1.27 bits per heavy atom. The lowest BCUT2D eigenvalue weighted by Crippen LogP contribution is -2.38. The van der Waals surface area contributed by atoms with Crippen molar-refractivity contribution in [1.82, 2.24) is 4.90 Å². The number of carbonyl (C=O) groups is 1. The van der Waals surface area contributed by atoms with Gasteiger partial charge in [-0.15, -0.1) is 0 Å². The fourth-order valence-electron chi connectivity index (χ4n) is 3.11. The minimum Gasteiger partial charge on any atom is -0.463 e. The van der Waals surface area contributed by atoms with Gasteiger partial charge in [-0.2, -0.15) is 0 Å². The number of carbonyl (C=O) groups excluding carboxylic acids is 1. The molecule has 0 fully saturated rings. The number of nitrogen functional groups attached to an aromatic ring is 1. The standard InChI is InChI=1S/C18H26N2O2/c1-6-22-17(21)14-11-15(18(2,3)4)20(5)16(14)12-7-9-13(19)10-8-12/h7-11,15-16H,6,19H2,1-5H3/t15-,16-/m0/s1. The summed E-state index contributed by atoms with van der Waals surface area (Å²) >= 11 is 0. The van der Waals surface area contributed by atoms with E-state index in [2.05, 4.69) is 38.8 Å². The van der Waals surface area contributed by atoms with Crippen molar-refractivity contribution in [1.29, 1.82) is 0 Å². The maximum atomic E-state index is 12.4. The third-order valence-corrected chi connectivity index (χ3v) is 4.13. The van der Waals surface area contributed by atoms with Crippen LogP contribution in [0.1, 0.15) is 39.3 Å². The van der Waals surface area contributed by atoms with Crippen LogP contribution in [-0.4, -0.2) is 30.6 Å². The van der Waals surface area contributed by atoms with Gasteiger partial charge in [0.05, 0.1) is 18.2 Å². The van der Waals surface area contributed by atoms with E-state index in [-0.39, 0.29) is 23.5 Å². The summed E-state index contributed by atoms with van der Waals surface area (Å²) in [5.74, 6) is -0.233. The number of nitrogens with two attached hydrogens (primary N) is 1. The molecule has 0 spiro atoms. The number of nitrogens with zero attached hydrogens (tertiary/aromatic N) is 1. The highest BCUT2D eigenvalue weighted by Gasteiger charge is 2.41. The molecule has 120 valence electrons. The van der Waals surface area contributed by atoms with E-state index >= 15 is 0 Å². The van der Waals surface area contributed by atoms with Crippen molar-refractivity contribution in [2.24, 2.45) is 5.41 Å². The molecule has 1 heterocycles.